The molecule has 3 heterocycles. The maximum absolute atomic E-state index is 11.4. The van der Waals surface area contributed by atoms with E-state index in [0.717, 1.165) is 51.6 Å². The Morgan fingerprint density at radius 2 is 2.14 bits per heavy atom. The van der Waals surface area contributed by atoms with Crippen LogP contribution in [0, 0.1) is 5.92 Å². The van der Waals surface area contributed by atoms with E-state index in [9.17, 15) is 4.79 Å². The zero-order valence-corrected chi connectivity index (χ0v) is 13.6. The average Bonchev–Trinajstić information content (AvgIpc) is 2.94. The van der Waals surface area contributed by atoms with Crippen LogP contribution in [0.1, 0.15) is 31.7 Å². The van der Waals surface area contributed by atoms with Gasteiger partial charge in [0.25, 0.3) is 0 Å². The summed E-state index contributed by atoms with van der Waals surface area (Å²) >= 11 is 0. The Hall–Kier alpha value is -1.40. The molecule has 2 atom stereocenters. The van der Waals surface area contributed by atoms with Gasteiger partial charge in [0.1, 0.15) is 11.9 Å². The summed E-state index contributed by atoms with van der Waals surface area (Å²) in [6, 6.07) is 0. The van der Waals surface area contributed by atoms with Crippen molar-refractivity contribution in [3.63, 3.8) is 0 Å². The zero-order valence-electron chi connectivity index (χ0n) is 13.6. The van der Waals surface area contributed by atoms with Gasteiger partial charge in [-0.15, -0.1) is 0 Å². The summed E-state index contributed by atoms with van der Waals surface area (Å²) < 4.78 is 8.11. The Morgan fingerprint density at radius 1 is 1.36 bits per heavy atom. The summed E-state index contributed by atoms with van der Waals surface area (Å²) in [7, 11) is 2.03. The lowest BCUT2D eigenvalue weighted by molar-refractivity contribution is -0.130. The number of hydrogen-bond donors (Lipinski definition) is 0. The average molecular weight is 306 g/mol. The monoisotopic (exact) mass is 306 g/mol. The van der Waals surface area contributed by atoms with Gasteiger partial charge < -0.3 is 14.2 Å². The van der Waals surface area contributed by atoms with Crippen molar-refractivity contribution in [1.82, 2.24) is 19.4 Å². The Labute approximate surface area is 132 Å². The molecule has 0 radical (unpaired) electrons. The van der Waals surface area contributed by atoms with Crippen LogP contribution in [0.5, 0.6) is 0 Å². The fourth-order valence-electron chi connectivity index (χ4n) is 3.54. The third-order valence-corrected chi connectivity index (χ3v) is 4.87. The van der Waals surface area contributed by atoms with E-state index in [1.54, 1.807) is 6.92 Å². The van der Waals surface area contributed by atoms with Crippen molar-refractivity contribution in [1.29, 1.82) is 0 Å². The smallest absolute Gasteiger partial charge is 0.219 e. The molecule has 0 spiro atoms. The van der Waals surface area contributed by atoms with Crippen molar-refractivity contribution in [2.45, 2.75) is 25.9 Å². The van der Waals surface area contributed by atoms with E-state index < -0.39 is 0 Å². The number of piperazine rings is 1. The van der Waals surface area contributed by atoms with Gasteiger partial charge in [0.2, 0.25) is 5.91 Å². The molecule has 6 nitrogen and oxygen atoms in total. The summed E-state index contributed by atoms with van der Waals surface area (Å²) in [5.41, 5.74) is 0. The second-order valence-corrected chi connectivity index (χ2v) is 6.40. The molecule has 2 fully saturated rings. The van der Waals surface area contributed by atoms with Gasteiger partial charge in [-0.2, -0.15) is 0 Å². The third-order valence-electron chi connectivity index (χ3n) is 4.87. The highest BCUT2D eigenvalue weighted by molar-refractivity contribution is 5.73. The van der Waals surface area contributed by atoms with E-state index in [1.807, 2.05) is 24.3 Å². The molecule has 1 aromatic rings. The Kier molecular flexibility index (Phi) is 4.78. The second-order valence-electron chi connectivity index (χ2n) is 6.40. The molecule has 2 aliphatic heterocycles. The van der Waals surface area contributed by atoms with Gasteiger partial charge in [0.15, 0.2) is 0 Å². The molecule has 1 aromatic heterocycles. The molecule has 22 heavy (non-hydrogen) atoms. The van der Waals surface area contributed by atoms with Gasteiger partial charge in [0.05, 0.1) is 0 Å². The first-order valence-electron chi connectivity index (χ1n) is 8.22. The molecule has 0 saturated carbocycles. The molecule has 2 saturated heterocycles. The van der Waals surface area contributed by atoms with Crippen LogP contribution in [0.4, 0.5) is 0 Å². The second kappa shape index (κ2) is 6.79. The maximum atomic E-state index is 11.4. The van der Waals surface area contributed by atoms with Crippen molar-refractivity contribution in [3.05, 3.63) is 18.2 Å². The van der Waals surface area contributed by atoms with Crippen LogP contribution in [0.15, 0.2) is 12.4 Å². The molecule has 3 rings (SSSR count). The van der Waals surface area contributed by atoms with Crippen LogP contribution < -0.4 is 0 Å². The van der Waals surface area contributed by atoms with Gasteiger partial charge >= 0.3 is 0 Å². The molecule has 0 aliphatic carbocycles. The number of rotatable bonds is 3. The lowest BCUT2D eigenvalue weighted by Crippen LogP contribution is -2.50. The van der Waals surface area contributed by atoms with Gasteiger partial charge in [-0.05, 0) is 12.8 Å². The third kappa shape index (κ3) is 3.33. The highest BCUT2D eigenvalue weighted by Gasteiger charge is 2.32. The van der Waals surface area contributed by atoms with Gasteiger partial charge in [-0.25, -0.2) is 4.98 Å². The number of aryl methyl sites for hydroxylation is 1. The first kappa shape index (κ1) is 15.5. The number of carbonyl (C=O) groups excluding carboxylic acids is 1. The molecule has 2 aliphatic rings. The molecule has 0 unspecified atom stereocenters. The molecular formula is C16H26N4O2. The maximum Gasteiger partial charge on any atom is 0.219 e. The van der Waals surface area contributed by atoms with Crippen molar-refractivity contribution in [3.8, 4) is 0 Å². The Balaban J connectivity index is 1.61. The Bertz CT molecular complexity index is 508. The summed E-state index contributed by atoms with van der Waals surface area (Å²) in [5.74, 6) is 1.71. The normalized spacial score (nSPS) is 27.1. The number of imidazole rings is 1. The minimum Gasteiger partial charge on any atom is -0.370 e. The molecule has 0 N–H and O–H groups in total. The number of aromatic nitrogens is 2. The van der Waals surface area contributed by atoms with Crippen LogP contribution in [0.3, 0.4) is 0 Å². The summed E-state index contributed by atoms with van der Waals surface area (Å²) in [5, 5.41) is 0. The first-order valence-corrected chi connectivity index (χ1v) is 8.22. The largest absolute Gasteiger partial charge is 0.370 e. The van der Waals surface area contributed by atoms with E-state index in [4.69, 9.17) is 4.74 Å². The van der Waals surface area contributed by atoms with E-state index in [-0.39, 0.29) is 12.0 Å². The Morgan fingerprint density at radius 3 is 2.77 bits per heavy atom. The van der Waals surface area contributed by atoms with Crippen LogP contribution in [-0.4, -0.2) is 64.6 Å². The predicted molar refractivity (Wildman–Crippen MR) is 83.3 cm³/mol. The molecular weight excluding hydrogens is 280 g/mol. The number of hydrogen-bond acceptors (Lipinski definition) is 4. The number of nitrogens with zero attached hydrogens (tertiary/aromatic N) is 4. The van der Waals surface area contributed by atoms with Crippen molar-refractivity contribution < 1.29 is 9.53 Å². The molecule has 1 amide bonds. The van der Waals surface area contributed by atoms with Gasteiger partial charge in [-0.1, -0.05) is 0 Å². The van der Waals surface area contributed by atoms with Crippen LogP contribution in [0.2, 0.25) is 0 Å². The minimum atomic E-state index is 0.0968. The van der Waals surface area contributed by atoms with Crippen LogP contribution in [-0.2, 0) is 16.6 Å². The van der Waals surface area contributed by atoms with Gasteiger partial charge in [0, 0.05) is 71.6 Å². The quantitative estimate of drug-likeness (QED) is 0.838. The topological polar surface area (TPSA) is 50.6 Å². The standard InChI is InChI=1S/C16H26N4O2/c1-13(21)20-9-7-19(8-10-20)12-14-4-3-11-22-15(14)16-17-5-6-18(16)2/h5-6,14-15H,3-4,7-12H2,1-2H3/t14-,15+/m0/s1. The number of ether oxygens (including phenoxy) is 1. The lowest BCUT2D eigenvalue weighted by Gasteiger charge is -2.39. The highest BCUT2D eigenvalue weighted by atomic mass is 16.5. The van der Waals surface area contributed by atoms with E-state index in [0.29, 0.717) is 5.92 Å². The minimum absolute atomic E-state index is 0.0968. The first-order chi connectivity index (χ1) is 10.6. The van der Waals surface area contributed by atoms with Crippen molar-refractivity contribution in [2.24, 2.45) is 13.0 Å². The van der Waals surface area contributed by atoms with E-state index >= 15 is 0 Å². The fraction of sp³-hybridized carbons (Fsp3) is 0.750. The number of carbonyl (C=O) groups is 1. The van der Waals surface area contributed by atoms with Crippen molar-refractivity contribution in [2.75, 3.05) is 39.3 Å². The zero-order chi connectivity index (χ0) is 15.5. The summed E-state index contributed by atoms with van der Waals surface area (Å²) in [6.07, 6.45) is 6.23. The van der Waals surface area contributed by atoms with Crippen molar-refractivity contribution >= 4 is 5.91 Å². The van der Waals surface area contributed by atoms with Gasteiger partial charge in [-0.3, -0.25) is 9.69 Å². The summed E-state index contributed by atoms with van der Waals surface area (Å²) in [4.78, 5) is 20.3. The summed E-state index contributed by atoms with van der Waals surface area (Å²) in [6.45, 7) is 7.12. The molecule has 122 valence electrons. The van der Waals surface area contributed by atoms with E-state index in [2.05, 4.69) is 14.5 Å². The van der Waals surface area contributed by atoms with E-state index in [1.165, 1.54) is 6.42 Å². The molecule has 0 bridgehead atoms. The van der Waals surface area contributed by atoms with Crippen LogP contribution in [0.25, 0.3) is 0 Å². The highest BCUT2D eigenvalue weighted by Crippen LogP contribution is 2.33. The number of amides is 1. The predicted octanol–water partition coefficient (Wildman–Crippen LogP) is 1.05. The SMILES string of the molecule is CC(=O)N1CCN(C[C@@H]2CCCO[C@H]2c2nccn2C)CC1. The van der Waals surface area contributed by atoms with Crippen LogP contribution >= 0.6 is 0 Å². The molecule has 0 aromatic carbocycles. The fourth-order valence-corrected chi connectivity index (χ4v) is 3.54. The lowest BCUT2D eigenvalue weighted by atomic mass is 9.92. The molecule has 6 heteroatoms.